The minimum Gasteiger partial charge on any atom is -0.508 e. The number of carbonyl (C=O) groups excluding carboxylic acids is 1. The lowest BCUT2D eigenvalue weighted by molar-refractivity contribution is -0.430. The third kappa shape index (κ3) is 2.10. The van der Waals surface area contributed by atoms with Crippen LogP contribution in [0.15, 0.2) is 18.2 Å². The predicted molar refractivity (Wildman–Crippen MR) is 86.1 cm³/mol. The molecule has 0 aliphatic carbocycles. The maximum atomic E-state index is 13.3. The fraction of sp³-hybridized carbons (Fsp3) is 0.556. The van der Waals surface area contributed by atoms with E-state index < -0.39 is 5.72 Å². The molecule has 0 spiro atoms. The lowest BCUT2D eigenvalue weighted by Crippen LogP contribution is -2.63. The summed E-state index contributed by atoms with van der Waals surface area (Å²) in [5.41, 5.74) is 0.0193. The standard InChI is InChI=1S/C18H22N2O3/c1-19-9-5-6-15-14-12-13(21)7-8-16(14)23-18(15,17(19)22)20-10-3-2-4-11-20/h7-9,12,15H,2-6,10-11H2,1H3/p+1. The molecule has 0 bridgehead atoms. The van der Waals surface area contributed by atoms with Gasteiger partial charge in [-0.1, -0.05) is 6.42 Å². The molecule has 1 fully saturated rings. The average Bonchev–Trinajstić information content (AvgIpc) is 2.83. The number of benzene rings is 1. The summed E-state index contributed by atoms with van der Waals surface area (Å²) < 4.78 is 8.05. The Labute approximate surface area is 136 Å². The van der Waals surface area contributed by atoms with Gasteiger partial charge in [0.05, 0.1) is 5.92 Å². The van der Waals surface area contributed by atoms with Crippen LogP contribution in [0.4, 0.5) is 0 Å². The minimum absolute atomic E-state index is 0.0117. The van der Waals surface area contributed by atoms with Gasteiger partial charge in [-0.2, -0.15) is 4.58 Å². The first kappa shape index (κ1) is 14.7. The summed E-state index contributed by atoms with van der Waals surface area (Å²) in [6.45, 7) is 1.77. The predicted octanol–water partition coefficient (Wildman–Crippen LogP) is 2.08. The topological polar surface area (TPSA) is 52.8 Å². The van der Waals surface area contributed by atoms with Crippen molar-refractivity contribution in [3.8, 4) is 11.5 Å². The Kier molecular flexibility index (Phi) is 3.41. The van der Waals surface area contributed by atoms with Gasteiger partial charge in [0.15, 0.2) is 0 Å². The van der Waals surface area contributed by atoms with E-state index in [1.54, 1.807) is 22.8 Å². The molecular weight excluding hydrogens is 292 g/mol. The number of likely N-dealkylation sites (tertiary alicyclic amines) is 1. The monoisotopic (exact) mass is 315 g/mol. The summed E-state index contributed by atoms with van der Waals surface area (Å²) in [7, 11) is 1.82. The van der Waals surface area contributed by atoms with E-state index in [1.807, 2.05) is 13.3 Å². The zero-order chi connectivity index (χ0) is 16.0. The van der Waals surface area contributed by atoms with Crippen LogP contribution in [0.3, 0.4) is 0 Å². The second kappa shape index (κ2) is 5.34. The molecular formula is C18H23N2O3+. The number of likely N-dealkylation sites (N-methyl/N-ethyl adjacent to an activating group) is 1. The Morgan fingerprint density at radius 2 is 2.09 bits per heavy atom. The van der Waals surface area contributed by atoms with Crippen LogP contribution in [-0.2, 0) is 4.79 Å². The summed E-state index contributed by atoms with van der Waals surface area (Å²) in [5, 5.41) is 9.90. The Bertz CT molecular complexity index is 679. The molecule has 0 aromatic heterocycles. The minimum atomic E-state index is -0.946. The fourth-order valence-corrected chi connectivity index (χ4v) is 4.31. The second-order valence-electron chi connectivity index (χ2n) is 6.80. The van der Waals surface area contributed by atoms with E-state index in [2.05, 4.69) is 4.90 Å². The van der Waals surface area contributed by atoms with Gasteiger partial charge in [-0.05, 0) is 37.5 Å². The third-order valence-corrected chi connectivity index (χ3v) is 5.42. The number of fused-ring (bicyclic) bond motifs is 3. The maximum Gasteiger partial charge on any atom is 0.446 e. The number of amides is 1. The number of ether oxygens (including phenoxy) is 1. The van der Waals surface area contributed by atoms with E-state index in [0.29, 0.717) is 0 Å². The number of piperidine rings is 1. The summed E-state index contributed by atoms with van der Waals surface area (Å²) in [6.07, 6.45) is 7.05. The summed E-state index contributed by atoms with van der Waals surface area (Å²) in [5.74, 6) is 0.951. The molecule has 1 amide bonds. The molecule has 1 aromatic carbocycles. The Morgan fingerprint density at radius 1 is 1.30 bits per heavy atom. The van der Waals surface area contributed by atoms with Crippen LogP contribution < -0.4 is 4.74 Å². The Morgan fingerprint density at radius 3 is 2.87 bits per heavy atom. The normalized spacial score (nSPS) is 30.9. The van der Waals surface area contributed by atoms with Crippen molar-refractivity contribution < 1.29 is 19.2 Å². The molecule has 23 heavy (non-hydrogen) atoms. The van der Waals surface area contributed by atoms with E-state index in [9.17, 15) is 9.90 Å². The number of carbonyl (C=O) groups is 1. The zero-order valence-corrected chi connectivity index (χ0v) is 13.5. The van der Waals surface area contributed by atoms with Gasteiger partial charge in [0.25, 0.3) is 5.72 Å². The number of hydrogen-bond donors (Lipinski definition) is 1. The van der Waals surface area contributed by atoms with Crippen molar-refractivity contribution >= 4 is 12.1 Å². The highest BCUT2D eigenvalue weighted by Gasteiger charge is 2.63. The molecule has 2 unspecified atom stereocenters. The second-order valence-corrected chi connectivity index (χ2v) is 6.80. The number of phenols is 1. The van der Waals surface area contributed by atoms with Crippen LogP contribution >= 0.6 is 0 Å². The van der Waals surface area contributed by atoms with Gasteiger partial charge in [0.1, 0.15) is 24.8 Å². The van der Waals surface area contributed by atoms with Crippen molar-refractivity contribution in [3.05, 3.63) is 23.8 Å². The van der Waals surface area contributed by atoms with Gasteiger partial charge in [-0.3, -0.25) is 4.90 Å². The lowest BCUT2D eigenvalue weighted by Gasteiger charge is -2.41. The first-order valence-corrected chi connectivity index (χ1v) is 8.50. The zero-order valence-electron chi connectivity index (χ0n) is 13.5. The smallest absolute Gasteiger partial charge is 0.446 e. The van der Waals surface area contributed by atoms with E-state index >= 15 is 0 Å². The SMILES string of the molecule is C[N+]1=CCCC2c3cc(O)ccc3OC2(N2CCCCC2)C1=O. The largest absolute Gasteiger partial charge is 0.508 e. The number of nitrogens with zero attached hydrogens (tertiary/aromatic N) is 2. The first-order valence-electron chi connectivity index (χ1n) is 8.50. The van der Waals surface area contributed by atoms with Crippen LogP contribution in [0.5, 0.6) is 11.5 Å². The van der Waals surface area contributed by atoms with Crippen molar-refractivity contribution in [2.24, 2.45) is 0 Å². The number of hydrogen-bond acceptors (Lipinski definition) is 4. The highest BCUT2D eigenvalue weighted by molar-refractivity contribution is 5.84. The third-order valence-electron chi connectivity index (χ3n) is 5.42. The summed E-state index contributed by atoms with van der Waals surface area (Å²) in [6, 6.07) is 5.19. The molecule has 0 radical (unpaired) electrons. The molecule has 3 aliphatic rings. The molecule has 122 valence electrons. The van der Waals surface area contributed by atoms with Crippen molar-refractivity contribution in [1.82, 2.24) is 4.90 Å². The molecule has 0 saturated carbocycles. The quantitative estimate of drug-likeness (QED) is 0.806. The van der Waals surface area contributed by atoms with Crippen LogP contribution in [0.25, 0.3) is 0 Å². The van der Waals surface area contributed by atoms with Crippen LogP contribution in [0, 0.1) is 0 Å². The molecule has 2 atom stereocenters. The highest BCUT2D eigenvalue weighted by Crippen LogP contribution is 2.51. The molecule has 1 N–H and O–H groups in total. The van der Waals surface area contributed by atoms with Gasteiger partial charge in [0, 0.05) is 25.1 Å². The average molecular weight is 315 g/mol. The maximum absolute atomic E-state index is 13.3. The van der Waals surface area contributed by atoms with Crippen molar-refractivity contribution in [2.75, 3.05) is 20.1 Å². The lowest BCUT2D eigenvalue weighted by atomic mass is 9.84. The van der Waals surface area contributed by atoms with Gasteiger partial charge in [-0.25, -0.2) is 4.79 Å². The van der Waals surface area contributed by atoms with Gasteiger partial charge >= 0.3 is 5.91 Å². The van der Waals surface area contributed by atoms with Gasteiger partial charge in [-0.15, -0.1) is 0 Å². The van der Waals surface area contributed by atoms with E-state index in [0.717, 1.165) is 50.1 Å². The first-order chi connectivity index (χ1) is 11.1. The van der Waals surface area contributed by atoms with Crippen LogP contribution in [-0.4, -0.2) is 52.6 Å². The van der Waals surface area contributed by atoms with Crippen molar-refractivity contribution in [1.29, 1.82) is 0 Å². The molecule has 1 aromatic rings. The molecule has 5 nitrogen and oxygen atoms in total. The van der Waals surface area contributed by atoms with Crippen molar-refractivity contribution in [3.63, 3.8) is 0 Å². The Balaban J connectivity index is 1.85. The van der Waals surface area contributed by atoms with E-state index in [1.165, 1.54) is 6.42 Å². The molecule has 3 aliphatic heterocycles. The number of rotatable bonds is 1. The summed E-state index contributed by atoms with van der Waals surface area (Å²) in [4.78, 5) is 15.5. The van der Waals surface area contributed by atoms with E-state index in [4.69, 9.17) is 4.74 Å². The van der Waals surface area contributed by atoms with Crippen molar-refractivity contribution in [2.45, 2.75) is 43.7 Å². The Hall–Kier alpha value is -1.88. The molecule has 3 heterocycles. The summed E-state index contributed by atoms with van der Waals surface area (Å²) >= 11 is 0. The van der Waals surface area contributed by atoms with Gasteiger partial charge < -0.3 is 9.84 Å². The van der Waals surface area contributed by atoms with Gasteiger partial charge in [0.2, 0.25) is 0 Å². The number of aromatic hydroxyl groups is 1. The number of phenolic OH excluding ortho intramolecular Hbond substituents is 1. The van der Waals surface area contributed by atoms with Crippen LogP contribution in [0.1, 0.15) is 43.6 Å². The highest BCUT2D eigenvalue weighted by atomic mass is 16.5. The molecule has 5 heteroatoms. The molecule has 1 saturated heterocycles. The van der Waals surface area contributed by atoms with Crippen LogP contribution in [0.2, 0.25) is 0 Å². The fourth-order valence-electron chi connectivity index (χ4n) is 4.31. The van der Waals surface area contributed by atoms with E-state index in [-0.39, 0.29) is 17.6 Å². The molecule has 4 rings (SSSR count).